The summed E-state index contributed by atoms with van der Waals surface area (Å²) in [6.45, 7) is 22.3. The molecule has 18 nitrogen and oxygen atoms in total. The first-order valence-electron chi connectivity index (χ1n) is 31.3. The van der Waals surface area contributed by atoms with Crippen LogP contribution in [0.2, 0.25) is 0 Å². The van der Waals surface area contributed by atoms with E-state index in [0.29, 0.717) is 36.9 Å². The predicted octanol–water partition coefficient (Wildman–Crippen LogP) is 6.78. The lowest BCUT2D eigenvalue weighted by Crippen LogP contribution is -2.65. The van der Waals surface area contributed by atoms with Gasteiger partial charge in [-0.2, -0.15) is 0 Å². The molecule has 0 radical (unpaired) electrons. The molecular weight excluding hydrogens is 1020 g/mol. The van der Waals surface area contributed by atoms with E-state index in [1.807, 2.05) is 0 Å². The van der Waals surface area contributed by atoms with E-state index in [9.17, 15) is 51.1 Å². The Hall–Kier alpha value is -0.720. The summed E-state index contributed by atoms with van der Waals surface area (Å²) in [6.07, 6.45) is -0.869. The Labute approximate surface area is 476 Å². The highest BCUT2D eigenvalue weighted by atomic mass is 16.8. The van der Waals surface area contributed by atoms with Crippen LogP contribution in [0, 0.1) is 47.3 Å². The topological polar surface area (TPSA) is 276 Å². The molecule has 3 saturated heterocycles. The Morgan fingerprint density at radius 3 is 1.16 bits per heavy atom. The molecule has 3 rings (SSSR count). The Kier molecular flexibility index (Phi) is 36.6. The van der Waals surface area contributed by atoms with Gasteiger partial charge in [0.1, 0.15) is 79.4 Å². The van der Waals surface area contributed by atoms with Gasteiger partial charge >= 0.3 is 0 Å². The lowest BCUT2D eigenvalue weighted by Gasteiger charge is -2.46. The molecule has 0 aromatic rings. The quantitative estimate of drug-likeness (QED) is 0.0282. The van der Waals surface area contributed by atoms with Crippen molar-refractivity contribution in [2.75, 3.05) is 46.2 Å². The molecule has 3 fully saturated rings. The molecular formula is C61H118O18. The minimum Gasteiger partial charge on any atom is -0.394 e. The molecule has 0 bridgehead atoms. The summed E-state index contributed by atoms with van der Waals surface area (Å²) in [5, 5.41) is 106. The average molecular weight is 1140 g/mol. The second-order valence-corrected chi connectivity index (χ2v) is 25.8. The highest BCUT2D eigenvalue weighted by Crippen LogP contribution is 2.32. The molecule has 18 heteroatoms. The Bertz CT molecular complexity index is 1500. The van der Waals surface area contributed by atoms with E-state index >= 15 is 0 Å². The summed E-state index contributed by atoms with van der Waals surface area (Å²) in [7, 11) is 0. The predicted molar refractivity (Wildman–Crippen MR) is 303 cm³/mol. The molecule has 0 amide bonds. The molecule has 3 aliphatic heterocycles. The zero-order valence-corrected chi connectivity index (χ0v) is 50.7. The maximum atomic E-state index is 11.4. The van der Waals surface area contributed by atoms with Crippen LogP contribution in [0.5, 0.6) is 0 Å². The van der Waals surface area contributed by atoms with Gasteiger partial charge in [0, 0.05) is 13.2 Å². The largest absolute Gasteiger partial charge is 0.394 e. The van der Waals surface area contributed by atoms with Crippen LogP contribution in [-0.2, 0) is 37.9 Å². The fourth-order valence-electron chi connectivity index (χ4n) is 11.2. The Morgan fingerprint density at radius 1 is 0.354 bits per heavy atom. The minimum atomic E-state index is -1.90. The number of ether oxygens (including phenoxy) is 8. The molecule has 1 unspecified atom stereocenters. The van der Waals surface area contributed by atoms with Crippen LogP contribution in [0.3, 0.4) is 0 Å². The molecule has 10 N–H and O–H groups in total. The lowest BCUT2D eigenvalue weighted by molar-refractivity contribution is -0.373. The average Bonchev–Trinajstić information content (AvgIpc) is 3.41. The van der Waals surface area contributed by atoms with E-state index in [2.05, 4.69) is 69.2 Å². The maximum Gasteiger partial charge on any atom is 0.187 e. The normalized spacial score (nSPS) is 32.5. The highest BCUT2D eigenvalue weighted by molar-refractivity contribution is 4.95. The van der Waals surface area contributed by atoms with E-state index in [0.717, 1.165) is 55.8 Å². The van der Waals surface area contributed by atoms with Crippen molar-refractivity contribution in [2.24, 2.45) is 47.3 Å². The van der Waals surface area contributed by atoms with Crippen molar-refractivity contribution in [1.82, 2.24) is 0 Å². The number of hydrogen-bond acceptors (Lipinski definition) is 18. The summed E-state index contributed by atoms with van der Waals surface area (Å²) < 4.78 is 47.8. The first-order valence-corrected chi connectivity index (χ1v) is 31.3. The monoisotopic (exact) mass is 1140 g/mol. The van der Waals surface area contributed by atoms with Crippen LogP contribution in [0.15, 0.2) is 0 Å². The van der Waals surface area contributed by atoms with Crippen LogP contribution in [0.4, 0.5) is 0 Å². The molecule has 79 heavy (non-hydrogen) atoms. The van der Waals surface area contributed by atoms with Crippen LogP contribution < -0.4 is 0 Å². The zero-order chi connectivity index (χ0) is 58.6. The Balaban J connectivity index is 1.60. The van der Waals surface area contributed by atoms with Crippen molar-refractivity contribution in [3.8, 4) is 0 Å². The van der Waals surface area contributed by atoms with Gasteiger partial charge in [-0.1, -0.05) is 185 Å². The third-order valence-corrected chi connectivity index (χ3v) is 17.1. The van der Waals surface area contributed by atoms with Crippen molar-refractivity contribution in [2.45, 2.75) is 296 Å². The molecule has 0 aromatic heterocycles. The van der Waals surface area contributed by atoms with E-state index in [4.69, 9.17) is 37.9 Å². The number of hydrogen-bond donors (Lipinski definition) is 10. The van der Waals surface area contributed by atoms with Crippen molar-refractivity contribution < 1.29 is 89.0 Å². The highest BCUT2D eigenvalue weighted by Gasteiger charge is 2.52. The van der Waals surface area contributed by atoms with Crippen LogP contribution in [0.25, 0.3) is 0 Å². The second kappa shape index (κ2) is 39.8. The fourth-order valence-corrected chi connectivity index (χ4v) is 11.2. The van der Waals surface area contributed by atoms with Gasteiger partial charge in [-0.15, -0.1) is 0 Å². The van der Waals surface area contributed by atoms with Gasteiger partial charge in [0.2, 0.25) is 0 Å². The van der Waals surface area contributed by atoms with E-state index in [-0.39, 0.29) is 13.2 Å². The van der Waals surface area contributed by atoms with Crippen LogP contribution in [0.1, 0.15) is 198 Å². The van der Waals surface area contributed by atoms with Gasteiger partial charge in [0.15, 0.2) is 18.9 Å². The van der Waals surface area contributed by atoms with Crippen molar-refractivity contribution in [1.29, 1.82) is 0 Å². The van der Waals surface area contributed by atoms with E-state index in [1.54, 1.807) is 0 Å². The number of rotatable bonds is 43. The number of aliphatic hydroxyl groups is 10. The molecule has 0 aliphatic carbocycles. The summed E-state index contributed by atoms with van der Waals surface area (Å²) in [5.41, 5.74) is 0. The second-order valence-electron chi connectivity index (χ2n) is 25.8. The molecule has 470 valence electrons. The smallest absolute Gasteiger partial charge is 0.187 e. The summed E-state index contributed by atoms with van der Waals surface area (Å²) in [6, 6.07) is 0. The molecule has 3 heterocycles. The SMILES string of the molecule is CC(C)CCC[C@@H](C)CCC[C@@H](C)CCC[C@@H](C)CCOC[C@@H](COC1O[C@H](CO)[C@@H](O)[C@H](O)[C@H]1O[C@H]1O[C@H](CO[C@@H]2O[C@H](CO)[C@H](O)[C@H](O)[C@H]2O)[C@@H](O)[C@H](O)[C@@H]1O)OCC[C@H](C)CCC[C@H](C)CCC[C@H](C)CCCC(C)C. The van der Waals surface area contributed by atoms with Gasteiger partial charge < -0.3 is 89.0 Å². The van der Waals surface area contributed by atoms with Crippen molar-refractivity contribution >= 4 is 0 Å². The van der Waals surface area contributed by atoms with Gasteiger partial charge in [-0.25, -0.2) is 0 Å². The summed E-state index contributed by atoms with van der Waals surface area (Å²) in [5.74, 6) is 5.43. The van der Waals surface area contributed by atoms with Gasteiger partial charge in [0.05, 0.1) is 33.0 Å². The first kappa shape index (κ1) is 72.5. The number of aliphatic hydroxyl groups excluding tert-OH is 10. The van der Waals surface area contributed by atoms with Gasteiger partial charge in [0.25, 0.3) is 0 Å². The lowest BCUT2D eigenvalue weighted by atomic mass is 9.91. The maximum absolute atomic E-state index is 11.4. The van der Waals surface area contributed by atoms with E-state index in [1.165, 1.54) is 96.3 Å². The van der Waals surface area contributed by atoms with Gasteiger partial charge in [-0.3, -0.25) is 0 Å². The molecule has 0 spiro atoms. The summed E-state index contributed by atoms with van der Waals surface area (Å²) >= 11 is 0. The molecule has 0 aromatic carbocycles. The molecule has 22 atom stereocenters. The third-order valence-electron chi connectivity index (χ3n) is 17.1. The minimum absolute atomic E-state index is 0.108. The van der Waals surface area contributed by atoms with Crippen molar-refractivity contribution in [3.05, 3.63) is 0 Å². The summed E-state index contributed by atoms with van der Waals surface area (Å²) in [4.78, 5) is 0. The van der Waals surface area contributed by atoms with Crippen molar-refractivity contribution in [3.63, 3.8) is 0 Å². The molecule has 0 saturated carbocycles. The molecule has 3 aliphatic rings. The Morgan fingerprint density at radius 2 is 0.722 bits per heavy atom. The standard InChI is InChI=1S/C61H118O18/c1-38(2)17-11-19-40(5)21-13-23-42(7)25-15-27-44(9)29-31-72-35-46(73-32-30-45(10)28-16-26-43(8)24-14-22-41(6)20-12-18-39(3)4)36-74-61-58(55(69)51(65)48(34-63)77-61)79-60-57(71)54(68)52(66)49(78-60)37-75-59-56(70)53(67)50(64)47(33-62)76-59/h38-71H,11-37H2,1-10H3/t40-,41-,42-,43-,44-,45-,46+,47-,48-,49-,50+,51-,52-,53+,54+,55+,56-,57+,58-,59-,60-,61?/m1/s1. The van der Waals surface area contributed by atoms with Crippen LogP contribution in [-0.4, -0.2) is 196 Å². The fraction of sp³-hybridized carbons (Fsp3) is 1.00. The van der Waals surface area contributed by atoms with Gasteiger partial charge in [-0.05, 0) is 60.2 Å². The zero-order valence-electron chi connectivity index (χ0n) is 50.7. The van der Waals surface area contributed by atoms with Crippen LogP contribution >= 0.6 is 0 Å². The van der Waals surface area contributed by atoms with E-state index < -0.39 is 118 Å². The third kappa shape index (κ3) is 27.5. The first-order chi connectivity index (χ1) is 37.6.